The number of esters is 1. The van der Waals surface area contributed by atoms with Crippen molar-refractivity contribution in [2.75, 3.05) is 13.1 Å². The highest BCUT2D eigenvalue weighted by atomic mass is 19.4. The van der Waals surface area contributed by atoms with Crippen LogP contribution in [-0.4, -0.2) is 30.3 Å². The van der Waals surface area contributed by atoms with Crippen LogP contribution >= 0.6 is 0 Å². The highest BCUT2D eigenvalue weighted by molar-refractivity contribution is 5.92. The first-order valence-corrected chi connectivity index (χ1v) is 9.97. The summed E-state index contributed by atoms with van der Waals surface area (Å²) in [6.07, 6.45) is 1.01. The van der Waals surface area contributed by atoms with Crippen LogP contribution < -0.4 is 0 Å². The summed E-state index contributed by atoms with van der Waals surface area (Å²) in [5, 5.41) is 0. The lowest BCUT2D eigenvalue weighted by Crippen LogP contribution is -2.28. The second-order valence-electron chi connectivity index (χ2n) is 7.57. The second-order valence-corrected chi connectivity index (χ2v) is 7.57. The molecule has 1 heterocycles. The largest absolute Gasteiger partial charge is 0.457 e. The molecule has 1 aliphatic rings. The monoisotopic (exact) mass is 418 g/mol. The third kappa shape index (κ3) is 5.62. The minimum absolute atomic E-state index is 0.226. The van der Waals surface area contributed by atoms with E-state index in [2.05, 4.69) is 9.89 Å². The van der Waals surface area contributed by atoms with Crippen LogP contribution in [0.1, 0.15) is 51.9 Å². The summed E-state index contributed by atoms with van der Waals surface area (Å²) in [5.41, 5.74) is 2.23. The van der Waals surface area contributed by atoms with E-state index >= 15 is 0 Å². The highest BCUT2D eigenvalue weighted by Crippen LogP contribution is 2.30. The Kier molecular flexibility index (Phi) is 6.80. The molecular weight excluding hydrogens is 393 g/mol. The lowest BCUT2D eigenvalue weighted by Gasteiger charge is -2.23. The average Bonchev–Trinajstić information content (AvgIpc) is 2.72. The van der Waals surface area contributed by atoms with Crippen LogP contribution in [0.3, 0.4) is 0 Å². The number of halogens is 3. The Hall–Kier alpha value is -2.83. The number of alkyl halides is 3. The molecule has 0 saturated carbocycles. The van der Waals surface area contributed by atoms with Crippen LogP contribution in [0.15, 0.2) is 41.4 Å². The van der Waals surface area contributed by atoms with E-state index in [-0.39, 0.29) is 12.2 Å². The van der Waals surface area contributed by atoms with E-state index in [1.54, 1.807) is 13.0 Å². The molecule has 0 aliphatic carbocycles. The molecule has 0 atom stereocenters. The second kappa shape index (κ2) is 9.32. The Labute approximate surface area is 174 Å². The SMILES string of the molecule is Cc1cc(C(=O)OCc2cccc(C(F)(F)F)c2)c(C)cc1N=CN1CCCCC1. The molecule has 0 unspecified atom stereocenters. The van der Waals surface area contributed by atoms with Gasteiger partial charge in [0.2, 0.25) is 0 Å². The van der Waals surface area contributed by atoms with Crippen LogP contribution in [0.2, 0.25) is 0 Å². The number of ether oxygens (including phenoxy) is 1. The van der Waals surface area contributed by atoms with Gasteiger partial charge >= 0.3 is 12.1 Å². The number of hydrogen-bond donors (Lipinski definition) is 0. The first kappa shape index (κ1) is 21.9. The van der Waals surface area contributed by atoms with E-state index in [9.17, 15) is 18.0 Å². The molecule has 0 aromatic heterocycles. The maximum Gasteiger partial charge on any atom is 0.416 e. The van der Waals surface area contributed by atoms with E-state index in [1.807, 2.05) is 19.3 Å². The first-order valence-electron chi connectivity index (χ1n) is 9.97. The zero-order valence-electron chi connectivity index (χ0n) is 17.1. The third-order valence-electron chi connectivity index (χ3n) is 5.14. The summed E-state index contributed by atoms with van der Waals surface area (Å²) in [7, 11) is 0. The van der Waals surface area contributed by atoms with Gasteiger partial charge in [0.15, 0.2) is 0 Å². The molecule has 160 valence electrons. The van der Waals surface area contributed by atoms with Gasteiger partial charge in [-0.05, 0) is 74.1 Å². The van der Waals surface area contributed by atoms with Gasteiger partial charge in [-0.15, -0.1) is 0 Å². The van der Waals surface area contributed by atoms with Crippen LogP contribution in [0.5, 0.6) is 0 Å². The molecule has 0 spiro atoms. The van der Waals surface area contributed by atoms with E-state index in [0.29, 0.717) is 11.1 Å². The number of carbonyl (C=O) groups is 1. The summed E-state index contributed by atoms with van der Waals surface area (Å²) in [6.45, 7) is 5.44. The molecule has 30 heavy (non-hydrogen) atoms. The number of benzene rings is 2. The van der Waals surface area contributed by atoms with E-state index in [0.717, 1.165) is 36.5 Å². The minimum Gasteiger partial charge on any atom is -0.457 e. The molecule has 0 N–H and O–H groups in total. The molecule has 3 rings (SSSR count). The maximum absolute atomic E-state index is 12.8. The number of aliphatic imine (C=N–C) groups is 1. The van der Waals surface area contributed by atoms with Crippen LogP contribution in [0.4, 0.5) is 18.9 Å². The van der Waals surface area contributed by atoms with Gasteiger partial charge in [-0.2, -0.15) is 13.2 Å². The lowest BCUT2D eigenvalue weighted by molar-refractivity contribution is -0.137. The Morgan fingerprint density at radius 1 is 1.10 bits per heavy atom. The van der Waals surface area contributed by atoms with E-state index in [1.165, 1.54) is 31.4 Å². The normalized spacial score (nSPS) is 14.9. The summed E-state index contributed by atoms with van der Waals surface area (Å²) in [4.78, 5) is 19.2. The Morgan fingerprint density at radius 2 is 1.83 bits per heavy atom. The molecule has 1 fully saturated rings. The molecule has 0 radical (unpaired) electrons. The summed E-state index contributed by atoms with van der Waals surface area (Å²) in [6, 6.07) is 8.32. The fraction of sp³-hybridized carbons (Fsp3) is 0.391. The quantitative estimate of drug-likeness (QED) is 0.349. The fourth-order valence-electron chi connectivity index (χ4n) is 3.40. The van der Waals surface area contributed by atoms with Gasteiger partial charge in [0.25, 0.3) is 0 Å². The zero-order chi connectivity index (χ0) is 21.7. The topological polar surface area (TPSA) is 41.9 Å². The molecule has 0 amide bonds. The number of carbonyl (C=O) groups excluding carboxylic acids is 1. The van der Waals surface area contributed by atoms with E-state index in [4.69, 9.17) is 4.74 Å². The van der Waals surface area contributed by atoms with Gasteiger partial charge in [-0.1, -0.05) is 12.1 Å². The van der Waals surface area contributed by atoms with Crippen LogP contribution in [0.25, 0.3) is 0 Å². The van der Waals surface area contributed by atoms with Crippen LogP contribution in [-0.2, 0) is 17.5 Å². The molecule has 7 heteroatoms. The summed E-state index contributed by atoms with van der Waals surface area (Å²) in [5.74, 6) is -0.570. The van der Waals surface area contributed by atoms with Crippen molar-refractivity contribution in [3.63, 3.8) is 0 Å². The molecule has 2 aromatic carbocycles. The van der Waals surface area contributed by atoms with Crippen molar-refractivity contribution < 1.29 is 22.7 Å². The first-order chi connectivity index (χ1) is 14.2. The van der Waals surface area contributed by atoms with Crippen molar-refractivity contribution in [2.45, 2.75) is 45.9 Å². The Balaban J connectivity index is 1.67. The van der Waals surface area contributed by atoms with Gasteiger partial charge in [0.1, 0.15) is 6.61 Å². The predicted molar refractivity (Wildman–Crippen MR) is 110 cm³/mol. The van der Waals surface area contributed by atoms with Crippen molar-refractivity contribution >= 4 is 18.0 Å². The maximum atomic E-state index is 12.8. The third-order valence-corrected chi connectivity index (χ3v) is 5.14. The smallest absolute Gasteiger partial charge is 0.416 e. The predicted octanol–water partition coefficient (Wildman–Crippen LogP) is 5.82. The molecule has 4 nitrogen and oxygen atoms in total. The molecular formula is C23H25F3N2O2. The zero-order valence-corrected chi connectivity index (χ0v) is 17.1. The summed E-state index contributed by atoms with van der Waals surface area (Å²) >= 11 is 0. The molecule has 0 bridgehead atoms. The number of rotatable bonds is 5. The Morgan fingerprint density at radius 3 is 2.53 bits per heavy atom. The highest BCUT2D eigenvalue weighted by Gasteiger charge is 2.30. The van der Waals surface area contributed by atoms with Crippen molar-refractivity contribution in [3.8, 4) is 0 Å². The van der Waals surface area contributed by atoms with Crippen LogP contribution in [0, 0.1) is 13.8 Å². The van der Waals surface area contributed by atoms with Gasteiger partial charge < -0.3 is 9.64 Å². The van der Waals surface area contributed by atoms with Gasteiger partial charge in [-0.25, -0.2) is 9.79 Å². The number of aryl methyl sites for hydroxylation is 2. The van der Waals surface area contributed by atoms with Crippen molar-refractivity contribution in [1.29, 1.82) is 0 Å². The lowest BCUT2D eigenvalue weighted by atomic mass is 10.0. The average molecular weight is 418 g/mol. The number of hydrogen-bond acceptors (Lipinski definition) is 3. The number of likely N-dealkylation sites (tertiary alicyclic amines) is 1. The fourth-order valence-corrected chi connectivity index (χ4v) is 3.40. The van der Waals surface area contributed by atoms with Crippen molar-refractivity contribution in [2.24, 2.45) is 4.99 Å². The number of nitrogens with zero attached hydrogens (tertiary/aromatic N) is 2. The van der Waals surface area contributed by atoms with Gasteiger partial charge in [0.05, 0.1) is 23.2 Å². The minimum atomic E-state index is -4.43. The standard InChI is InChI=1S/C23H25F3N2O2/c1-16-12-21(27-15-28-9-4-3-5-10-28)17(2)11-20(16)22(29)30-14-18-7-6-8-19(13-18)23(24,25)26/h6-8,11-13,15H,3-5,9-10,14H2,1-2H3. The molecule has 2 aromatic rings. The molecule has 1 saturated heterocycles. The Bertz CT molecular complexity index is 933. The van der Waals surface area contributed by atoms with Gasteiger partial charge in [0, 0.05) is 13.1 Å². The van der Waals surface area contributed by atoms with E-state index < -0.39 is 17.7 Å². The summed E-state index contributed by atoms with van der Waals surface area (Å²) < 4.78 is 43.7. The number of piperidine rings is 1. The van der Waals surface area contributed by atoms with Crippen molar-refractivity contribution in [3.05, 3.63) is 64.2 Å². The van der Waals surface area contributed by atoms with Gasteiger partial charge in [-0.3, -0.25) is 0 Å². The molecule has 1 aliphatic heterocycles. The van der Waals surface area contributed by atoms with Crippen molar-refractivity contribution in [1.82, 2.24) is 4.90 Å².